The lowest BCUT2D eigenvalue weighted by molar-refractivity contribution is -0.120. The van der Waals surface area contributed by atoms with E-state index in [9.17, 15) is 14.7 Å². The number of hydrogen-bond acceptors (Lipinski definition) is 5. The zero-order valence-electron chi connectivity index (χ0n) is 13.8. The lowest BCUT2D eigenvalue weighted by atomic mass is 10.2. The van der Waals surface area contributed by atoms with Gasteiger partial charge in [-0.25, -0.2) is 4.98 Å². The first kappa shape index (κ1) is 19.3. The van der Waals surface area contributed by atoms with E-state index in [-0.39, 0.29) is 37.6 Å². The topological polar surface area (TPSA) is 107 Å². The number of pyridine rings is 2. The molecule has 0 aliphatic carbocycles. The van der Waals surface area contributed by atoms with Crippen molar-refractivity contribution in [3.8, 4) is 17.3 Å². The van der Waals surface area contributed by atoms with Crippen LogP contribution in [-0.4, -0.2) is 27.2 Å². The maximum atomic E-state index is 12.6. The summed E-state index contributed by atoms with van der Waals surface area (Å²) in [7, 11) is 0. The van der Waals surface area contributed by atoms with Crippen LogP contribution in [0.5, 0.6) is 11.6 Å². The number of amides is 1. The predicted octanol–water partition coefficient (Wildman–Crippen LogP) is 3.22. The number of carbonyl (C=O) groups is 1. The van der Waals surface area contributed by atoms with Crippen LogP contribution in [0.25, 0.3) is 16.6 Å². The summed E-state index contributed by atoms with van der Waals surface area (Å²) in [6.07, 6.45) is 1.28. The Bertz CT molecular complexity index is 1120. The van der Waals surface area contributed by atoms with Gasteiger partial charge in [-0.1, -0.05) is 34.8 Å². The third-order valence-electron chi connectivity index (χ3n) is 3.71. The summed E-state index contributed by atoms with van der Waals surface area (Å²) in [5, 5.41) is 10.1. The molecule has 0 aliphatic heterocycles. The fourth-order valence-electron chi connectivity index (χ4n) is 2.71. The Morgan fingerprint density at radius 3 is 2.44 bits per heavy atom. The van der Waals surface area contributed by atoms with Crippen molar-refractivity contribution in [2.24, 2.45) is 5.73 Å². The average Bonchev–Trinajstić information content (AvgIpc) is 2.55. The molecule has 0 saturated carbocycles. The number of hydrogen-bond donors (Lipinski definition) is 2. The zero-order chi connectivity index (χ0) is 19.9. The molecule has 3 aromatic rings. The highest BCUT2D eigenvalue weighted by Gasteiger charge is 2.21. The van der Waals surface area contributed by atoms with Gasteiger partial charge in [-0.05, 0) is 6.92 Å². The van der Waals surface area contributed by atoms with Gasteiger partial charge >= 0.3 is 0 Å². The average molecular weight is 429 g/mol. The quantitative estimate of drug-likeness (QED) is 0.663. The van der Waals surface area contributed by atoms with E-state index in [1.165, 1.54) is 24.4 Å². The molecule has 3 rings (SSSR count). The fraction of sp³-hybridized carbons (Fsp3) is 0.118. The number of aromatic hydroxyl groups is 1. The van der Waals surface area contributed by atoms with Crippen molar-refractivity contribution in [2.75, 3.05) is 6.61 Å². The first-order chi connectivity index (χ1) is 12.7. The Kier molecular flexibility index (Phi) is 5.19. The van der Waals surface area contributed by atoms with E-state index in [2.05, 4.69) is 4.98 Å². The molecule has 1 aromatic carbocycles. The first-order valence-corrected chi connectivity index (χ1v) is 8.64. The van der Waals surface area contributed by atoms with E-state index in [1.54, 1.807) is 11.5 Å². The molecule has 0 atom stereocenters. The summed E-state index contributed by atoms with van der Waals surface area (Å²) in [4.78, 5) is 27.6. The Hall–Kier alpha value is -2.48. The van der Waals surface area contributed by atoms with Gasteiger partial charge in [0.05, 0.1) is 32.5 Å². The number of halogens is 3. The Labute approximate surface area is 167 Å². The molecule has 2 aromatic heterocycles. The second-order valence-corrected chi connectivity index (χ2v) is 6.85. The molecule has 2 heterocycles. The molecule has 140 valence electrons. The van der Waals surface area contributed by atoms with Gasteiger partial charge in [-0.2, -0.15) is 0 Å². The van der Waals surface area contributed by atoms with Crippen molar-refractivity contribution < 1.29 is 14.6 Å². The maximum Gasteiger partial charge on any atom is 0.255 e. The number of aromatic nitrogens is 2. The molecule has 0 saturated heterocycles. The van der Waals surface area contributed by atoms with Crippen LogP contribution in [0.1, 0.15) is 5.69 Å². The molecular formula is C17H12Cl3N3O4. The number of benzene rings is 1. The Morgan fingerprint density at radius 2 is 1.85 bits per heavy atom. The van der Waals surface area contributed by atoms with E-state index >= 15 is 0 Å². The van der Waals surface area contributed by atoms with Gasteiger partial charge in [-0.15, -0.1) is 0 Å². The molecular weight excluding hydrogens is 417 g/mol. The van der Waals surface area contributed by atoms with Gasteiger partial charge < -0.3 is 20.1 Å². The highest BCUT2D eigenvalue weighted by atomic mass is 35.5. The van der Waals surface area contributed by atoms with Crippen LogP contribution < -0.4 is 15.9 Å². The monoisotopic (exact) mass is 427 g/mol. The first-order valence-electron chi connectivity index (χ1n) is 7.51. The van der Waals surface area contributed by atoms with Crippen molar-refractivity contribution in [1.29, 1.82) is 0 Å². The lowest BCUT2D eigenvalue weighted by Crippen LogP contribution is -2.21. The lowest BCUT2D eigenvalue weighted by Gasteiger charge is -2.19. The van der Waals surface area contributed by atoms with E-state index in [1.807, 2.05) is 0 Å². The summed E-state index contributed by atoms with van der Waals surface area (Å²) in [5.74, 6) is -0.940. The van der Waals surface area contributed by atoms with Gasteiger partial charge in [0.15, 0.2) is 12.0 Å². The summed E-state index contributed by atoms with van der Waals surface area (Å²) in [6.45, 7) is 1.21. The van der Waals surface area contributed by atoms with Crippen LogP contribution in [-0.2, 0) is 4.79 Å². The second kappa shape index (κ2) is 7.26. The van der Waals surface area contributed by atoms with Gasteiger partial charge in [-0.3, -0.25) is 9.59 Å². The number of aryl methyl sites for hydroxylation is 1. The minimum absolute atomic E-state index is 0.0366. The smallest absolute Gasteiger partial charge is 0.255 e. The normalized spacial score (nSPS) is 11.0. The number of fused-ring (bicyclic) bond motifs is 1. The fourth-order valence-corrected chi connectivity index (χ4v) is 3.58. The van der Waals surface area contributed by atoms with Gasteiger partial charge in [0.1, 0.15) is 11.1 Å². The molecule has 27 heavy (non-hydrogen) atoms. The number of ether oxygens (including phenoxy) is 1. The number of primary amides is 1. The predicted molar refractivity (Wildman–Crippen MR) is 103 cm³/mol. The molecule has 0 fully saturated rings. The van der Waals surface area contributed by atoms with Crippen molar-refractivity contribution >= 4 is 51.6 Å². The number of phenolic OH excluding ortho intramolecular Hbond substituents is 1. The van der Waals surface area contributed by atoms with E-state index in [0.717, 1.165) is 0 Å². The van der Waals surface area contributed by atoms with Crippen molar-refractivity contribution in [1.82, 2.24) is 9.55 Å². The number of rotatable bonds is 4. The Balaban J connectivity index is 2.43. The molecule has 7 nitrogen and oxygen atoms in total. The number of phenols is 1. The molecule has 0 aliphatic rings. The molecule has 0 unspecified atom stereocenters. The van der Waals surface area contributed by atoms with Crippen LogP contribution in [0.15, 0.2) is 29.2 Å². The molecule has 0 spiro atoms. The number of nitrogens with zero attached hydrogens (tertiary/aromatic N) is 2. The van der Waals surface area contributed by atoms with E-state index < -0.39 is 17.9 Å². The summed E-state index contributed by atoms with van der Waals surface area (Å²) in [6, 6.07) is 3.95. The number of nitrogens with two attached hydrogens (primary N) is 1. The highest BCUT2D eigenvalue weighted by molar-refractivity contribution is 6.38. The molecule has 3 N–H and O–H groups in total. The Morgan fingerprint density at radius 1 is 1.22 bits per heavy atom. The van der Waals surface area contributed by atoms with E-state index in [0.29, 0.717) is 11.4 Å². The third kappa shape index (κ3) is 3.53. The summed E-state index contributed by atoms with van der Waals surface area (Å²) in [5.41, 5.74) is 5.71. The van der Waals surface area contributed by atoms with Gasteiger partial charge in [0, 0.05) is 23.9 Å². The maximum absolute atomic E-state index is 12.6. The highest BCUT2D eigenvalue weighted by Crippen LogP contribution is 2.37. The van der Waals surface area contributed by atoms with Crippen molar-refractivity contribution in [3.63, 3.8) is 0 Å². The molecule has 10 heteroatoms. The molecule has 0 bridgehead atoms. The largest absolute Gasteiger partial charge is 0.508 e. The zero-order valence-corrected chi connectivity index (χ0v) is 16.1. The second-order valence-electron chi connectivity index (χ2n) is 5.63. The van der Waals surface area contributed by atoms with Gasteiger partial charge in [0.25, 0.3) is 5.91 Å². The minimum atomic E-state index is -0.725. The minimum Gasteiger partial charge on any atom is -0.508 e. The molecule has 1 amide bonds. The standard InChI is InChI=1S/C17H12Cl3N3O4/c1-7-2-12(25)14-16(11(20)5-22-17(14)27-6-13(21)26)23(7)15-9(18)3-8(24)4-10(15)19/h2-5,24H,6H2,1H3,(H2,21,26). The van der Waals surface area contributed by atoms with Gasteiger partial charge in [0.2, 0.25) is 5.88 Å². The van der Waals surface area contributed by atoms with Crippen molar-refractivity contribution in [2.45, 2.75) is 6.92 Å². The van der Waals surface area contributed by atoms with Crippen LogP contribution >= 0.6 is 34.8 Å². The van der Waals surface area contributed by atoms with Crippen LogP contribution in [0.4, 0.5) is 0 Å². The third-order valence-corrected chi connectivity index (χ3v) is 4.56. The summed E-state index contributed by atoms with van der Waals surface area (Å²) >= 11 is 18.9. The van der Waals surface area contributed by atoms with Crippen LogP contribution in [0.2, 0.25) is 15.1 Å². The number of carbonyl (C=O) groups excluding carboxylic acids is 1. The SMILES string of the molecule is Cc1cc(=O)c2c(OCC(N)=O)ncc(Cl)c2n1-c1c(Cl)cc(O)cc1Cl. The van der Waals surface area contributed by atoms with Crippen LogP contribution in [0, 0.1) is 6.92 Å². The summed E-state index contributed by atoms with van der Waals surface area (Å²) < 4.78 is 6.82. The molecule has 0 radical (unpaired) electrons. The van der Waals surface area contributed by atoms with E-state index in [4.69, 9.17) is 45.3 Å². The van der Waals surface area contributed by atoms with Crippen molar-refractivity contribution in [3.05, 3.63) is 55.4 Å². The van der Waals surface area contributed by atoms with Crippen LogP contribution in [0.3, 0.4) is 0 Å².